The molecule has 172 valence electrons. The predicted octanol–water partition coefficient (Wildman–Crippen LogP) is 2.59. The van der Waals surface area contributed by atoms with Crippen molar-refractivity contribution >= 4 is 28.9 Å². The van der Waals surface area contributed by atoms with Gasteiger partial charge in [-0.15, -0.1) is 0 Å². The van der Waals surface area contributed by atoms with Crippen molar-refractivity contribution in [1.29, 1.82) is 0 Å². The first-order valence-corrected chi connectivity index (χ1v) is 11.0. The Hall–Kier alpha value is -3.10. The van der Waals surface area contributed by atoms with Gasteiger partial charge in [-0.2, -0.15) is 0 Å². The Kier molecular flexibility index (Phi) is 5.38. The van der Waals surface area contributed by atoms with Crippen LogP contribution in [0, 0.1) is 5.41 Å². The quantitative estimate of drug-likeness (QED) is 0.694. The van der Waals surface area contributed by atoms with Crippen molar-refractivity contribution in [2.75, 3.05) is 6.54 Å². The number of carboxylic acid groups (broad SMARTS) is 1. The van der Waals surface area contributed by atoms with Gasteiger partial charge in [-0.25, -0.2) is 9.59 Å². The zero-order valence-electron chi connectivity index (χ0n) is 18.9. The Morgan fingerprint density at radius 3 is 2.47 bits per heavy atom. The maximum absolute atomic E-state index is 13.0. The van der Waals surface area contributed by atoms with Crippen LogP contribution in [-0.2, 0) is 16.6 Å². The molecule has 32 heavy (non-hydrogen) atoms. The first kappa shape index (κ1) is 22.1. The molecule has 3 atom stereocenters. The number of carbonyl (C=O) groups is 3. The van der Waals surface area contributed by atoms with Gasteiger partial charge in [0.15, 0.2) is 0 Å². The van der Waals surface area contributed by atoms with Gasteiger partial charge >= 0.3 is 11.8 Å². The Balaban J connectivity index is 1.70. The number of carbonyl (C=O) groups excluding carboxylic acids is 2. The van der Waals surface area contributed by atoms with E-state index in [2.05, 4.69) is 26.1 Å². The number of amides is 3. The molecule has 0 aliphatic carbocycles. The molecule has 1 aromatic carbocycles. The van der Waals surface area contributed by atoms with Crippen LogP contribution in [0.15, 0.2) is 23.0 Å². The van der Waals surface area contributed by atoms with Crippen LogP contribution in [-0.4, -0.2) is 49.6 Å². The SMILES string of the molecule is Cn1c(=O)n(C2CCC(=O)NC2=O)c2ccc(C3CCN(C(=O)O)C(C(C)(C)C)C3)cc21. The zero-order chi connectivity index (χ0) is 23.4. The lowest BCUT2D eigenvalue weighted by Crippen LogP contribution is -2.51. The van der Waals surface area contributed by atoms with Gasteiger partial charge < -0.3 is 10.0 Å². The molecule has 0 radical (unpaired) electrons. The summed E-state index contributed by atoms with van der Waals surface area (Å²) in [5, 5.41) is 12.0. The summed E-state index contributed by atoms with van der Waals surface area (Å²) in [6.07, 6.45) is 1.04. The Morgan fingerprint density at radius 1 is 1.12 bits per heavy atom. The molecule has 1 aromatic heterocycles. The average Bonchev–Trinajstić information content (AvgIpc) is 2.97. The lowest BCUT2D eigenvalue weighted by Gasteiger charge is -2.44. The second-order valence-electron chi connectivity index (χ2n) is 10.0. The van der Waals surface area contributed by atoms with Crippen molar-refractivity contribution in [3.05, 3.63) is 34.2 Å². The third kappa shape index (κ3) is 3.69. The number of piperidine rings is 2. The van der Waals surface area contributed by atoms with Crippen molar-refractivity contribution in [1.82, 2.24) is 19.4 Å². The highest BCUT2D eigenvalue weighted by molar-refractivity contribution is 6.00. The van der Waals surface area contributed by atoms with Gasteiger partial charge in [0.25, 0.3) is 0 Å². The number of hydrogen-bond donors (Lipinski definition) is 2. The Morgan fingerprint density at radius 2 is 1.84 bits per heavy atom. The summed E-state index contributed by atoms with van der Waals surface area (Å²) in [4.78, 5) is 50.2. The lowest BCUT2D eigenvalue weighted by molar-refractivity contribution is -0.135. The third-order valence-electron chi connectivity index (χ3n) is 6.95. The van der Waals surface area contributed by atoms with Gasteiger partial charge in [0.05, 0.1) is 11.0 Å². The van der Waals surface area contributed by atoms with Gasteiger partial charge in [0.2, 0.25) is 11.8 Å². The van der Waals surface area contributed by atoms with E-state index >= 15 is 0 Å². The minimum Gasteiger partial charge on any atom is -0.465 e. The topological polar surface area (TPSA) is 114 Å². The van der Waals surface area contributed by atoms with Crippen LogP contribution in [0.25, 0.3) is 11.0 Å². The van der Waals surface area contributed by atoms with Gasteiger partial charge in [-0.1, -0.05) is 26.8 Å². The summed E-state index contributed by atoms with van der Waals surface area (Å²) in [6, 6.07) is 5.02. The van der Waals surface area contributed by atoms with Crippen LogP contribution in [0.3, 0.4) is 0 Å². The normalized spacial score (nSPS) is 24.6. The van der Waals surface area contributed by atoms with Crippen molar-refractivity contribution in [2.24, 2.45) is 12.5 Å². The maximum Gasteiger partial charge on any atom is 0.407 e. The molecule has 0 spiro atoms. The molecule has 3 heterocycles. The molecular formula is C23H30N4O5. The minimum atomic E-state index is -0.887. The number of hydrogen-bond acceptors (Lipinski definition) is 4. The predicted molar refractivity (Wildman–Crippen MR) is 119 cm³/mol. The van der Waals surface area contributed by atoms with Crippen molar-refractivity contribution < 1.29 is 19.5 Å². The summed E-state index contributed by atoms with van der Waals surface area (Å²) < 4.78 is 3.02. The van der Waals surface area contributed by atoms with Gasteiger partial charge in [-0.05, 0) is 48.3 Å². The van der Waals surface area contributed by atoms with Gasteiger partial charge in [0, 0.05) is 26.1 Å². The Labute approximate surface area is 186 Å². The summed E-state index contributed by atoms with van der Waals surface area (Å²) in [5.41, 5.74) is 1.97. The number of likely N-dealkylation sites (tertiary alicyclic amines) is 1. The fourth-order valence-corrected chi connectivity index (χ4v) is 5.18. The number of nitrogens with one attached hydrogen (secondary N) is 1. The third-order valence-corrected chi connectivity index (χ3v) is 6.95. The van der Waals surface area contributed by atoms with Crippen molar-refractivity contribution in [2.45, 2.75) is 64.5 Å². The second kappa shape index (κ2) is 7.79. The van der Waals surface area contributed by atoms with E-state index in [1.54, 1.807) is 11.9 Å². The smallest absolute Gasteiger partial charge is 0.407 e. The summed E-state index contributed by atoms with van der Waals surface area (Å²) in [5.74, 6) is -0.592. The number of aromatic nitrogens is 2. The standard InChI is InChI=1S/C23H30N4O5/c1-23(2,3)18-12-14(9-10-26(18)22(31)32)13-5-6-15-17(11-13)25(4)21(30)27(15)16-7-8-19(28)24-20(16)29/h5-6,11,14,16,18H,7-10,12H2,1-4H3,(H,31,32)(H,24,28,29). The largest absolute Gasteiger partial charge is 0.465 e. The fourth-order valence-electron chi connectivity index (χ4n) is 5.18. The molecule has 2 aliphatic heterocycles. The summed E-state index contributed by atoms with van der Waals surface area (Å²) >= 11 is 0. The van der Waals surface area contributed by atoms with E-state index in [-0.39, 0.29) is 35.4 Å². The van der Waals surface area contributed by atoms with Crippen LogP contribution < -0.4 is 11.0 Å². The molecule has 3 unspecified atom stereocenters. The first-order valence-electron chi connectivity index (χ1n) is 11.0. The summed E-state index contributed by atoms with van der Waals surface area (Å²) in [7, 11) is 1.68. The molecule has 9 heteroatoms. The van der Waals surface area contributed by atoms with Gasteiger partial charge in [0.1, 0.15) is 6.04 Å². The van der Waals surface area contributed by atoms with E-state index < -0.39 is 18.0 Å². The highest BCUT2D eigenvalue weighted by atomic mass is 16.4. The van der Waals surface area contributed by atoms with E-state index in [1.807, 2.05) is 18.2 Å². The summed E-state index contributed by atoms with van der Waals surface area (Å²) in [6.45, 7) is 6.64. The molecule has 0 bridgehead atoms. The minimum absolute atomic E-state index is 0.105. The molecule has 2 aliphatic rings. The number of benzene rings is 1. The molecule has 2 aromatic rings. The number of fused-ring (bicyclic) bond motifs is 1. The molecule has 4 rings (SSSR count). The number of rotatable bonds is 2. The average molecular weight is 443 g/mol. The van der Waals surface area contributed by atoms with Crippen LogP contribution in [0.4, 0.5) is 4.79 Å². The van der Waals surface area contributed by atoms with Crippen LogP contribution in [0.2, 0.25) is 0 Å². The number of imidazole rings is 1. The maximum atomic E-state index is 13.0. The number of imide groups is 1. The molecule has 2 N–H and O–H groups in total. The van der Waals surface area contributed by atoms with Crippen LogP contribution in [0.1, 0.15) is 64.0 Å². The monoisotopic (exact) mass is 442 g/mol. The highest BCUT2D eigenvalue weighted by Gasteiger charge is 2.39. The zero-order valence-corrected chi connectivity index (χ0v) is 18.9. The van der Waals surface area contributed by atoms with E-state index in [0.29, 0.717) is 31.3 Å². The molecule has 2 fully saturated rings. The molecular weight excluding hydrogens is 412 g/mol. The van der Waals surface area contributed by atoms with Crippen LogP contribution >= 0.6 is 0 Å². The van der Waals surface area contributed by atoms with E-state index in [1.165, 1.54) is 9.13 Å². The van der Waals surface area contributed by atoms with Crippen molar-refractivity contribution in [3.8, 4) is 0 Å². The van der Waals surface area contributed by atoms with Crippen LogP contribution in [0.5, 0.6) is 0 Å². The highest BCUT2D eigenvalue weighted by Crippen LogP contribution is 2.39. The van der Waals surface area contributed by atoms with E-state index in [0.717, 1.165) is 11.1 Å². The van der Waals surface area contributed by atoms with Crippen molar-refractivity contribution in [3.63, 3.8) is 0 Å². The lowest BCUT2D eigenvalue weighted by atomic mass is 9.75. The molecule has 0 saturated carbocycles. The molecule has 9 nitrogen and oxygen atoms in total. The first-order chi connectivity index (χ1) is 15.0. The molecule has 3 amide bonds. The van der Waals surface area contributed by atoms with E-state index in [4.69, 9.17) is 0 Å². The van der Waals surface area contributed by atoms with Gasteiger partial charge in [-0.3, -0.25) is 24.0 Å². The number of aryl methyl sites for hydroxylation is 1. The fraction of sp³-hybridized carbons (Fsp3) is 0.565. The number of nitrogens with zero attached hydrogens (tertiary/aromatic N) is 3. The molecule has 2 saturated heterocycles. The second-order valence-corrected chi connectivity index (χ2v) is 10.0. The van der Waals surface area contributed by atoms with E-state index in [9.17, 15) is 24.3 Å². The Bertz CT molecular complexity index is 1160.